The summed E-state index contributed by atoms with van der Waals surface area (Å²) in [4.78, 5) is 10.1. The van der Waals surface area contributed by atoms with Crippen molar-refractivity contribution >= 4 is 21.4 Å². The molecule has 1 aliphatic rings. The van der Waals surface area contributed by atoms with Gasteiger partial charge in [-0.25, -0.2) is 8.42 Å². The molecule has 0 atom stereocenters. The van der Waals surface area contributed by atoms with Crippen LogP contribution in [0.15, 0.2) is 47.4 Å². The highest BCUT2D eigenvalue weighted by molar-refractivity contribution is 7.89. The second-order valence-corrected chi connectivity index (χ2v) is 7.24. The number of rotatable bonds is 3. The molecule has 1 aliphatic heterocycles. The van der Waals surface area contributed by atoms with Crippen LogP contribution >= 0.6 is 0 Å². The molecule has 0 amide bonds. The third-order valence-electron chi connectivity index (χ3n) is 3.72. The molecule has 1 heterocycles. The van der Waals surface area contributed by atoms with Gasteiger partial charge in [-0.2, -0.15) is 4.31 Å². The van der Waals surface area contributed by atoms with Crippen molar-refractivity contribution in [2.75, 3.05) is 18.9 Å². The lowest BCUT2D eigenvalue weighted by Gasteiger charge is -2.19. The van der Waals surface area contributed by atoms with E-state index in [2.05, 4.69) is 0 Å². The maximum atomic E-state index is 12.8. The number of nitrogen functional groups attached to an aromatic ring is 1. The minimum atomic E-state index is -3.78. The molecular formula is C15H15N3O5S. The van der Waals surface area contributed by atoms with Crippen LogP contribution in [0.2, 0.25) is 0 Å². The van der Waals surface area contributed by atoms with Crippen LogP contribution in [0, 0.1) is 10.1 Å². The van der Waals surface area contributed by atoms with Gasteiger partial charge >= 0.3 is 0 Å². The van der Waals surface area contributed by atoms with Gasteiger partial charge < -0.3 is 10.5 Å². The van der Waals surface area contributed by atoms with Crippen molar-refractivity contribution in [2.45, 2.75) is 11.4 Å². The molecule has 0 aliphatic carbocycles. The summed E-state index contributed by atoms with van der Waals surface area (Å²) in [7, 11) is -3.78. The first-order chi connectivity index (χ1) is 11.4. The fourth-order valence-electron chi connectivity index (χ4n) is 2.46. The Morgan fingerprint density at radius 2 is 1.88 bits per heavy atom. The first-order valence-corrected chi connectivity index (χ1v) is 8.58. The van der Waals surface area contributed by atoms with Crippen LogP contribution in [0.1, 0.15) is 5.56 Å². The van der Waals surface area contributed by atoms with Crippen LogP contribution in [0.5, 0.6) is 5.75 Å². The SMILES string of the molecule is Nc1ccc2c(c1)OCCN(S(=O)(=O)c1ccc([N+](=O)[O-])cc1)C2. The van der Waals surface area contributed by atoms with Gasteiger partial charge in [0.1, 0.15) is 12.4 Å². The number of hydrogen-bond donors (Lipinski definition) is 1. The molecule has 2 aromatic carbocycles. The van der Waals surface area contributed by atoms with E-state index < -0.39 is 14.9 Å². The van der Waals surface area contributed by atoms with Crippen LogP contribution in [-0.2, 0) is 16.6 Å². The highest BCUT2D eigenvalue weighted by Gasteiger charge is 2.28. The Kier molecular flexibility index (Phi) is 4.12. The van der Waals surface area contributed by atoms with E-state index in [0.29, 0.717) is 17.0 Å². The maximum absolute atomic E-state index is 12.8. The minimum absolute atomic E-state index is 0.00648. The number of nitrogens with two attached hydrogens (primary N) is 1. The molecule has 8 nitrogen and oxygen atoms in total. The van der Waals surface area contributed by atoms with Gasteiger partial charge in [-0.15, -0.1) is 0 Å². The van der Waals surface area contributed by atoms with Crippen LogP contribution < -0.4 is 10.5 Å². The molecule has 0 saturated heterocycles. The standard InChI is InChI=1S/C15H15N3O5S/c16-12-2-1-11-10-17(7-8-23-15(11)9-12)24(21,22)14-5-3-13(4-6-14)18(19)20/h1-6,9H,7-8,10,16H2. The minimum Gasteiger partial charge on any atom is -0.492 e. The van der Waals surface area contributed by atoms with Crippen LogP contribution in [-0.4, -0.2) is 30.8 Å². The third-order valence-corrected chi connectivity index (χ3v) is 5.58. The van der Waals surface area contributed by atoms with Crippen molar-refractivity contribution in [1.29, 1.82) is 0 Å². The molecular weight excluding hydrogens is 334 g/mol. The molecule has 0 fully saturated rings. The topological polar surface area (TPSA) is 116 Å². The van der Waals surface area contributed by atoms with Crippen molar-refractivity contribution in [1.82, 2.24) is 4.31 Å². The number of nitro groups is 1. The van der Waals surface area contributed by atoms with E-state index in [1.807, 2.05) is 0 Å². The van der Waals surface area contributed by atoms with Crippen molar-refractivity contribution < 1.29 is 18.1 Å². The van der Waals surface area contributed by atoms with Crippen molar-refractivity contribution in [3.8, 4) is 5.75 Å². The van der Waals surface area contributed by atoms with Crippen LogP contribution in [0.3, 0.4) is 0 Å². The van der Waals surface area contributed by atoms with Crippen molar-refractivity contribution in [3.05, 3.63) is 58.1 Å². The molecule has 2 aromatic rings. The van der Waals surface area contributed by atoms with E-state index in [1.165, 1.54) is 28.6 Å². The zero-order valence-corrected chi connectivity index (χ0v) is 13.4. The number of anilines is 1. The van der Waals surface area contributed by atoms with Crippen LogP contribution in [0.25, 0.3) is 0 Å². The van der Waals surface area contributed by atoms with Gasteiger partial charge in [-0.3, -0.25) is 10.1 Å². The predicted molar refractivity (Wildman–Crippen MR) is 87.0 cm³/mol. The molecule has 2 N–H and O–H groups in total. The summed E-state index contributed by atoms with van der Waals surface area (Å²) in [5.74, 6) is 0.566. The van der Waals surface area contributed by atoms with Gasteiger partial charge in [0, 0.05) is 42.5 Å². The lowest BCUT2D eigenvalue weighted by molar-refractivity contribution is -0.384. The summed E-state index contributed by atoms with van der Waals surface area (Å²) in [6.45, 7) is 0.519. The number of nitro benzene ring substituents is 1. The Labute approximate surface area is 138 Å². The molecule has 24 heavy (non-hydrogen) atoms. The quantitative estimate of drug-likeness (QED) is 0.513. The zero-order chi connectivity index (χ0) is 17.3. The van der Waals surface area contributed by atoms with Gasteiger partial charge in [0.2, 0.25) is 10.0 Å². The summed E-state index contributed by atoms with van der Waals surface area (Å²) in [5.41, 5.74) is 6.81. The smallest absolute Gasteiger partial charge is 0.269 e. The molecule has 0 bridgehead atoms. The molecule has 9 heteroatoms. The summed E-state index contributed by atoms with van der Waals surface area (Å²) in [6, 6.07) is 9.91. The van der Waals surface area contributed by atoms with Gasteiger partial charge in [-0.1, -0.05) is 6.07 Å². The second-order valence-electron chi connectivity index (χ2n) is 5.31. The Balaban J connectivity index is 1.91. The number of ether oxygens (including phenoxy) is 1. The zero-order valence-electron chi connectivity index (χ0n) is 12.6. The highest BCUT2D eigenvalue weighted by Crippen LogP contribution is 2.28. The van der Waals surface area contributed by atoms with Crippen molar-refractivity contribution in [3.63, 3.8) is 0 Å². The van der Waals surface area contributed by atoms with Gasteiger partial charge in [0.15, 0.2) is 0 Å². The Bertz CT molecular complexity index is 880. The number of sulfonamides is 1. The second kappa shape index (κ2) is 6.10. The number of benzene rings is 2. The van der Waals surface area contributed by atoms with Crippen molar-refractivity contribution in [2.24, 2.45) is 0 Å². The molecule has 0 spiro atoms. The largest absolute Gasteiger partial charge is 0.492 e. The Morgan fingerprint density at radius 3 is 2.54 bits per heavy atom. The lowest BCUT2D eigenvalue weighted by atomic mass is 10.2. The van der Waals surface area contributed by atoms with Gasteiger partial charge in [-0.05, 0) is 18.2 Å². The first-order valence-electron chi connectivity index (χ1n) is 7.14. The first kappa shape index (κ1) is 16.2. The van der Waals surface area contributed by atoms with Crippen LogP contribution in [0.4, 0.5) is 11.4 Å². The van der Waals surface area contributed by atoms with Gasteiger partial charge in [0.05, 0.1) is 9.82 Å². The van der Waals surface area contributed by atoms with E-state index in [-0.39, 0.29) is 30.3 Å². The molecule has 0 aromatic heterocycles. The predicted octanol–water partition coefficient (Wildman–Crippen LogP) is 1.76. The van der Waals surface area contributed by atoms with E-state index in [1.54, 1.807) is 18.2 Å². The van der Waals surface area contributed by atoms with E-state index in [0.717, 1.165) is 0 Å². The monoisotopic (exact) mass is 349 g/mol. The summed E-state index contributed by atoms with van der Waals surface area (Å²) >= 11 is 0. The number of nitrogens with zero attached hydrogens (tertiary/aromatic N) is 2. The Hall–Kier alpha value is -2.65. The Morgan fingerprint density at radius 1 is 1.17 bits per heavy atom. The lowest BCUT2D eigenvalue weighted by Crippen LogP contribution is -2.32. The normalized spacial score (nSPS) is 15.2. The van der Waals surface area contributed by atoms with E-state index >= 15 is 0 Å². The number of non-ortho nitro benzene ring substituents is 1. The van der Waals surface area contributed by atoms with E-state index in [4.69, 9.17) is 10.5 Å². The molecule has 0 radical (unpaired) electrons. The maximum Gasteiger partial charge on any atom is 0.269 e. The average Bonchev–Trinajstić information content (AvgIpc) is 2.77. The van der Waals surface area contributed by atoms with Gasteiger partial charge in [0.25, 0.3) is 5.69 Å². The molecule has 126 valence electrons. The average molecular weight is 349 g/mol. The summed E-state index contributed by atoms with van der Waals surface area (Å²) in [5, 5.41) is 10.7. The third kappa shape index (κ3) is 3.03. The summed E-state index contributed by atoms with van der Waals surface area (Å²) < 4.78 is 32.4. The fraction of sp³-hybridized carbons (Fsp3) is 0.200. The molecule has 0 saturated carbocycles. The van der Waals surface area contributed by atoms with E-state index in [9.17, 15) is 18.5 Å². The highest BCUT2D eigenvalue weighted by atomic mass is 32.2. The number of fused-ring (bicyclic) bond motifs is 1. The molecule has 0 unspecified atom stereocenters. The fourth-order valence-corrected chi connectivity index (χ4v) is 3.86. The number of hydrogen-bond acceptors (Lipinski definition) is 6. The molecule has 3 rings (SSSR count). The summed E-state index contributed by atoms with van der Waals surface area (Å²) in [6.07, 6.45) is 0.